The van der Waals surface area contributed by atoms with Crippen molar-refractivity contribution in [3.8, 4) is 0 Å². The molecule has 0 bridgehead atoms. The van der Waals surface area contributed by atoms with E-state index in [2.05, 4.69) is 22.6 Å². The number of amides is 2. The Morgan fingerprint density at radius 1 is 1.24 bits per heavy atom. The Morgan fingerprint density at radius 3 is 2.67 bits per heavy atom. The molecule has 2 amide bonds. The molecule has 3 rings (SSSR count). The second-order valence-electron chi connectivity index (χ2n) is 4.87. The first-order valence-electron chi connectivity index (χ1n) is 6.63. The summed E-state index contributed by atoms with van der Waals surface area (Å²) in [6, 6.07) is 10.7. The van der Waals surface area contributed by atoms with Crippen LogP contribution >= 0.6 is 22.6 Å². The van der Waals surface area contributed by atoms with E-state index in [0.29, 0.717) is 12.2 Å². The smallest absolute Gasteiger partial charge is 0.292 e. The van der Waals surface area contributed by atoms with Gasteiger partial charge in [-0.05, 0) is 59.0 Å². The maximum atomic E-state index is 12.4. The first-order chi connectivity index (χ1) is 10.1. The maximum absolute atomic E-state index is 12.4. The summed E-state index contributed by atoms with van der Waals surface area (Å²) in [6.45, 7) is 0.553. The molecular weight excluding hydrogens is 383 g/mol. The standard InChI is InChI=1S/C15H13IN2O3/c16-10-3-5-11(6-4-10)18-14(19)8-13(15(18)20)17-9-12-2-1-7-21-12/h1-7,13,17H,8-9H2/p+1/t13-/m0/s1. The topological polar surface area (TPSA) is 67.1 Å². The minimum atomic E-state index is -0.373. The number of benzene rings is 1. The summed E-state index contributed by atoms with van der Waals surface area (Å²) < 4.78 is 6.30. The number of hydrogen-bond donors (Lipinski definition) is 1. The predicted octanol–water partition coefficient (Wildman–Crippen LogP) is 1.28. The summed E-state index contributed by atoms with van der Waals surface area (Å²) in [7, 11) is 0. The van der Waals surface area contributed by atoms with Crippen molar-refractivity contribution >= 4 is 40.1 Å². The zero-order valence-electron chi connectivity index (χ0n) is 11.2. The molecule has 5 nitrogen and oxygen atoms in total. The van der Waals surface area contributed by atoms with Crippen molar-refractivity contribution in [2.75, 3.05) is 4.90 Å². The van der Waals surface area contributed by atoms with Crippen LogP contribution in [0.4, 0.5) is 5.69 Å². The van der Waals surface area contributed by atoms with E-state index in [9.17, 15) is 9.59 Å². The molecule has 0 aliphatic carbocycles. The van der Waals surface area contributed by atoms with E-state index < -0.39 is 0 Å². The highest BCUT2D eigenvalue weighted by molar-refractivity contribution is 14.1. The molecule has 2 N–H and O–H groups in total. The molecule has 21 heavy (non-hydrogen) atoms. The minimum Gasteiger partial charge on any atom is -0.463 e. The van der Waals surface area contributed by atoms with E-state index >= 15 is 0 Å². The summed E-state index contributed by atoms with van der Waals surface area (Å²) in [5.41, 5.74) is 0.638. The number of carbonyl (C=O) groups is 2. The Hall–Kier alpha value is -1.67. The Labute approximate surface area is 135 Å². The lowest BCUT2D eigenvalue weighted by Gasteiger charge is -2.14. The molecule has 0 spiro atoms. The second-order valence-corrected chi connectivity index (χ2v) is 6.12. The lowest BCUT2D eigenvalue weighted by molar-refractivity contribution is -0.691. The summed E-state index contributed by atoms with van der Waals surface area (Å²) >= 11 is 2.19. The quantitative estimate of drug-likeness (QED) is 0.625. The fourth-order valence-electron chi connectivity index (χ4n) is 2.39. The first-order valence-corrected chi connectivity index (χ1v) is 7.71. The Balaban J connectivity index is 1.71. The van der Waals surface area contributed by atoms with Crippen LogP contribution in [0.25, 0.3) is 0 Å². The SMILES string of the molecule is O=C1C[C@H]([NH2+]Cc2ccco2)C(=O)N1c1ccc(I)cc1. The van der Waals surface area contributed by atoms with Crippen LogP contribution in [0.3, 0.4) is 0 Å². The molecule has 2 aromatic rings. The highest BCUT2D eigenvalue weighted by atomic mass is 127. The van der Waals surface area contributed by atoms with Crippen LogP contribution in [-0.4, -0.2) is 17.9 Å². The minimum absolute atomic E-state index is 0.151. The molecule has 6 heteroatoms. The van der Waals surface area contributed by atoms with Crippen molar-refractivity contribution < 1.29 is 19.3 Å². The van der Waals surface area contributed by atoms with Crippen molar-refractivity contribution in [1.29, 1.82) is 0 Å². The molecule has 1 saturated heterocycles. The van der Waals surface area contributed by atoms with Crippen molar-refractivity contribution in [1.82, 2.24) is 0 Å². The first kappa shape index (κ1) is 14.3. The molecule has 1 aliphatic rings. The van der Waals surface area contributed by atoms with Crippen LogP contribution < -0.4 is 10.2 Å². The third-order valence-electron chi connectivity index (χ3n) is 3.45. The molecule has 2 heterocycles. The van der Waals surface area contributed by atoms with Gasteiger partial charge in [-0.15, -0.1) is 0 Å². The normalized spacial score (nSPS) is 18.5. The molecular formula is C15H14IN2O3+. The van der Waals surface area contributed by atoms with Crippen molar-refractivity contribution in [2.45, 2.75) is 19.0 Å². The number of hydrogen-bond acceptors (Lipinski definition) is 3. The van der Waals surface area contributed by atoms with E-state index in [-0.39, 0.29) is 24.3 Å². The molecule has 1 aromatic carbocycles. The number of nitrogens with two attached hydrogens (primary N) is 1. The Morgan fingerprint density at radius 2 is 2.00 bits per heavy atom. The van der Waals surface area contributed by atoms with Gasteiger partial charge in [0.2, 0.25) is 5.91 Å². The average molecular weight is 397 g/mol. The predicted molar refractivity (Wildman–Crippen MR) is 84.4 cm³/mol. The van der Waals surface area contributed by atoms with Crippen LogP contribution in [0.2, 0.25) is 0 Å². The number of halogens is 1. The van der Waals surface area contributed by atoms with Gasteiger partial charge in [0.1, 0.15) is 6.54 Å². The van der Waals surface area contributed by atoms with Crippen LogP contribution in [0.1, 0.15) is 12.2 Å². The third-order valence-corrected chi connectivity index (χ3v) is 4.17. The van der Waals surface area contributed by atoms with Gasteiger partial charge in [-0.25, -0.2) is 4.90 Å². The number of quaternary nitrogens is 1. The van der Waals surface area contributed by atoms with Crippen molar-refractivity contribution in [3.05, 3.63) is 52.0 Å². The van der Waals surface area contributed by atoms with Gasteiger partial charge in [-0.3, -0.25) is 9.59 Å². The molecule has 1 aromatic heterocycles. The van der Waals surface area contributed by atoms with E-state index in [4.69, 9.17) is 4.42 Å². The van der Waals surface area contributed by atoms with Gasteiger partial charge >= 0.3 is 0 Å². The molecule has 0 radical (unpaired) electrons. The average Bonchev–Trinajstić information content (AvgIpc) is 3.07. The number of carbonyl (C=O) groups excluding carboxylic acids is 2. The highest BCUT2D eigenvalue weighted by Gasteiger charge is 2.42. The van der Waals surface area contributed by atoms with E-state index in [1.807, 2.05) is 29.6 Å². The maximum Gasteiger partial charge on any atom is 0.292 e. The van der Waals surface area contributed by atoms with Crippen LogP contribution in [-0.2, 0) is 16.1 Å². The summed E-state index contributed by atoms with van der Waals surface area (Å²) in [5, 5.41) is 1.85. The largest absolute Gasteiger partial charge is 0.463 e. The van der Waals surface area contributed by atoms with E-state index in [1.165, 1.54) is 4.90 Å². The van der Waals surface area contributed by atoms with Gasteiger partial charge in [-0.1, -0.05) is 0 Å². The van der Waals surface area contributed by atoms with Gasteiger partial charge in [0.05, 0.1) is 18.4 Å². The molecule has 0 unspecified atom stereocenters. The van der Waals surface area contributed by atoms with E-state index in [0.717, 1.165) is 9.33 Å². The van der Waals surface area contributed by atoms with Crippen LogP contribution in [0, 0.1) is 3.57 Å². The molecule has 1 atom stereocenters. The molecule has 1 fully saturated rings. The number of anilines is 1. The molecule has 1 aliphatic heterocycles. The zero-order chi connectivity index (χ0) is 14.8. The Kier molecular flexibility index (Phi) is 4.07. The van der Waals surface area contributed by atoms with Gasteiger partial charge in [0.15, 0.2) is 11.8 Å². The molecule has 0 saturated carbocycles. The highest BCUT2D eigenvalue weighted by Crippen LogP contribution is 2.22. The van der Waals surface area contributed by atoms with Gasteiger partial charge in [-0.2, -0.15) is 0 Å². The van der Waals surface area contributed by atoms with Crippen molar-refractivity contribution in [3.63, 3.8) is 0 Å². The number of furan rings is 1. The fraction of sp³-hybridized carbons (Fsp3) is 0.200. The molecule has 108 valence electrons. The second kappa shape index (κ2) is 5.98. The van der Waals surface area contributed by atoms with E-state index in [1.54, 1.807) is 18.4 Å². The van der Waals surface area contributed by atoms with Gasteiger partial charge in [0.25, 0.3) is 5.91 Å². The zero-order valence-corrected chi connectivity index (χ0v) is 13.3. The van der Waals surface area contributed by atoms with Crippen molar-refractivity contribution in [2.24, 2.45) is 0 Å². The fourth-order valence-corrected chi connectivity index (χ4v) is 2.75. The number of nitrogens with zero attached hydrogens (tertiary/aromatic N) is 1. The van der Waals surface area contributed by atoms with Crippen LogP contribution in [0.5, 0.6) is 0 Å². The van der Waals surface area contributed by atoms with Gasteiger partial charge in [0, 0.05) is 3.57 Å². The number of rotatable bonds is 4. The Bertz CT molecular complexity index is 652. The lowest BCUT2D eigenvalue weighted by atomic mass is 10.2. The third kappa shape index (κ3) is 3.01. The lowest BCUT2D eigenvalue weighted by Crippen LogP contribution is -2.90. The number of imide groups is 1. The summed E-state index contributed by atoms with van der Waals surface area (Å²) in [4.78, 5) is 25.8. The monoisotopic (exact) mass is 397 g/mol. The van der Waals surface area contributed by atoms with Gasteiger partial charge < -0.3 is 9.73 Å². The summed E-state index contributed by atoms with van der Waals surface area (Å²) in [5.74, 6) is 0.484. The summed E-state index contributed by atoms with van der Waals surface area (Å²) in [6.07, 6.45) is 1.83. The van der Waals surface area contributed by atoms with Crippen LogP contribution in [0.15, 0.2) is 47.1 Å².